The number of nitrogens with zero attached hydrogens (tertiary/aromatic N) is 2. The molecular formula is C16H26N2O. The number of carbonyl (C=O) groups is 1. The minimum absolute atomic E-state index is 0.176. The summed E-state index contributed by atoms with van der Waals surface area (Å²) in [6.45, 7) is 10.4. The maximum atomic E-state index is 12.3. The van der Waals surface area contributed by atoms with Crippen LogP contribution in [0.15, 0.2) is 6.07 Å². The third-order valence-electron chi connectivity index (χ3n) is 3.29. The molecule has 0 atom stereocenters. The maximum absolute atomic E-state index is 12.3. The molecule has 0 saturated carbocycles. The summed E-state index contributed by atoms with van der Waals surface area (Å²) in [5, 5.41) is 0. The van der Waals surface area contributed by atoms with E-state index in [1.165, 1.54) is 0 Å². The molecule has 0 aromatic carbocycles. The van der Waals surface area contributed by atoms with E-state index in [4.69, 9.17) is 0 Å². The predicted octanol–water partition coefficient (Wildman–Crippen LogP) is 3.99. The van der Waals surface area contributed by atoms with Crippen LogP contribution in [0.2, 0.25) is 0 Å². The molecule has 0 aliphatic carbocycles. The largest absolute Gasteiger partial charge is 0.362 e. The van der Waals surface area contributed by atoms with Gasteiger partial charge in [-0.3, -0.25) is 4.79 Å². The molecule has 106 valence electrons. The van der Waals surface area contributed by atoms with Gasteiger partial charge in [-0.2, -0.15) is 0 Å². The molecule has 0 N–H and O–H groups in total. The third kappa shape index (κ3) is 3.34. The van der Waals surface area contributed by atoms with Gasteiger partial charge in [-0.15, -0.1) is 0 Å². The lowest BCUT2D eigenvalue weighted by Gasteiger charge is -2.22. The molecule has 3 nitrogen and oxygen atoms in total. The minimum Gasteiger partial charge on any atom is -0.362 e. The van der Waals surface area contributed by atoms with Crippen molar-refractivity contribution in [3.63, 3.8) is 0 Å². The van der Waals surface area contributed by atoms with E-state index in [-0.39, 0.29) is 5.78 Å². The SMILES string of the molecule is CCC(=O)c1c(C(C)C)cc(C(C)C)nc1N(C)C. The molecule has 0 aliphatic heterocycles. The van der Waals surface area contributed by atoms with Crippen LogP contribution in [0.1, 0.15) is 74.5 Å². The normalized spacial score (nSPS) is 11.2. The second kappa shape index (κ2) is 6.18. The van der Waals surface area contributed by atoms with Crippen LogP contribution in [0.5, 0.6) is 0 Å². The number of pyridine rings is 1. The summed E-state index contributed by atoms with van der Waals surface area (Å²) in [7, 11) is 3.89. The first-order valence-electron chi connectivity index (χ1n) is 7.04. The fraction of sp³-hybridized carbons (Fsp3) is 0.625. The monoisotopic (exact) mass is 262 g/mol. The molecular weight excluding hydrogens is 236 g/mol. The molecule has 0 spiro atoms. The summed E-state index contributed by atoms with van der Waals surface area (Å²) in [6, 6.07) is 2.10. The van der Waals surface area contributed by atoms with Crippen molar-refractivity contribution in [2.75, 3.05) is 19.0 Å². The van der Waals surface area contributed by atoms with Crippen LogP contribution < -0.4 is 4.90 Å². The topological polar surface area (TPSA) is 33.2 Å². The van der Waals surface area contributed by atoms with Crippen LogP contribution >= 0.6 is 0 Å². The van der Waals surface area contributed by atoms with Crippen molar-refractivity contribution >= 4 is 11.6 Å². The minimum atomic E-state index is 0.176. The zero-order valence-electron chi connectivity index (χ0n) is 13.2. The molecule has 1 aromatic rings. The molecule has 3 heteroatoms. The van der Waals surface area contributed by atoms with Gasteiger partial charge in [0.1, 0.15) is 5.82 Å². The number of carbonyl (C=O) groups excluding carboxylic acids is 1. The Morgan fingerprint density at radius 2 is 1.79 bits per heavy atom. The molecule has 19 heavy (non-hydrogen) atoms. The van der Waals surface area contributed by atoms with Crippen molar-refractivity contribution in [2.45, 2.75) is 52.9 Å². The van der Waals surface area contributed by atoms with Crippen molar-refractivity contribution in [2.24, 2.45) is 0 Å². The van der Waals surface area contributed by atoms with Crippen LogP contribution in [-0.4, -0.2) is 24.9 Å². The Bertz CT molecular complexity index is 433. The van der Waals surface area contributed by atoms with E-state index in [9.17, 15) is 4.79 Å². The Hall–Kier alpha value is -1.38. The van der Waals surface area contributed by atoms with Crippen LogP contribution in [0.25, 0.3) is 0 Å². The van der Waals surface area contributed by atoms with Crippen molar-refractivity contribution in [3.05, 3.63) is 22.9 Å². The van der Waals surface area contributed by atoms with Crippen molar-refractivity contribution in [1.82, 2.24) is 4.98 Å². The molecule has 1 rings (SSSR count). The fourth-order valence-electron chi connectivity index (χ4n) is 2.11. The molecule has 0 bridgehead atoms. The highest BCUT2D eigenvalue weighted by atomic mass is 16.1. The Kier molecular flexibility index (Phi) is 5.10. The lowest BCUT2D eigenvalue weighted by atomic mass is 9.92. The standard InChI is InChI=1S/C16H26N2O/c1-8-14(19)15-12(10(2)3)9-13(11(4)5)17-16(15)18(6)7/h9-11H,8H2,1-7H3. The highest BCUT2D eigenvalue weighted by Gasteiger charge is 2.21. The van der Waals surface area contributed by atoms with Crippen molar-refractivity contribution < 1.29 is 4.79 Å². The first kappa shape index (κ1) is 15.7. The van der Waals surface area contributed by atoms with Gasteiger partial charge in [0.15, 0.2) is 5.78 Å². The number of ketones is 1. The number of aromatic nitrogens is 1. The molecule has 1 aromatic heterocycles. The predicted molar refractivity (Wildman–Crippen MR) is 81.4 cm³/mol. The average Bonchev–Trinajstić information content (AvgIpc) is 2.35. The number of Topliss-reactive ketones (excluding diaryl/α,β-unsaturated/α-hetero) is 1. The van der Waals surface area contributed by atoms with E-state index >= 15 is 0 Å². The summed E-state index contributed by atoms with van der Waals surface area (Å²) < 4.78 is 0. The van der Waals surface area contributed by atoms with Crippen LogP contribution in [0.4, 0.5) is 5.82 Å². The average molecular weight is 262 g/mol. The Morgan fingerprint density at radius 3 is 2.16 bits per heavy atom. The summed E-state index contributed by atoms with van der Waals surface area (Å²) in [6.07, 6.45) is 0.517. The third-order valence-corrected chi connectivity index (χ3v) is 3.29. The highest BCUT2D eigenvalue weighted by Crippen LogP contribution is 2.30. The number of anilines is 1. The van der Waals surface area contributed by atoms with Gasteiger partial charge in [0, 0.05) is 26.2 Å². The van der Waals surface area contributed by atoms with Crippen LogP contribution in [0.3, 0.4) is 0 Å². The Labute approximate surface area is 117 Å². The second-order valence-corrected chi connectivity index (χ2v) is 5.82. The molecule has 0 radical (unpaired) electrons. The molecule has 1 heterocycles. The van der Waals surface area contributed by atoms with Gasteiger partial charge >= 0.3 is 0 Å². The number of hydrogen-bond acceptors (Lipinski definition) is 3. The number of rotatable bonds is 5. The van der Waals surface area contributed by atoms with Gasteiger partial charge in [0.25, 0.3) is 0 Å². The van der Waals surface area contributed by atoms with Gasteiger partial charge in [-0.05, 0) is 23.5 Å². The van der Waals surface area contributed by atoms with Gasteiger partial charge in [-0.1, -0.05) is 34.6 Å². The summed E-state index contributed by atoms with van der Waals surface area (Å²) in [4.78, 5) is 18.9. The lowest BCUT2D eigenvalue weighted by Crippen LogP contribution is -2.19. The van der Waals surface area contributed by atoms with E-state index in [2.05, 4.69) is 38.7 Å². The highest BCUT2D eigenvalue weighted by molar-refractivity contribution is 6.02. The summed E-state index contributed by atoms with van der Waals surface area (Å²) in [5.74, 6) is 1.67. The molecule has 0 saturated heterocycles. The quantitative estimate of drug-likeness (QED) is 0.752. The molecule has 0 unspecified atom stereocenters. The first-order chi connectivity index (χ1) is 8.79. The van der Waals surface area contributed by atoms with E-state index in [0.29, 0.717) is 18.3 Å². The smallest absolute Gasteiger partial charge is 0.166 e. The maximum Gasteiger partial charge on any atom is 0.166 e. The molecule has 0 aliphatic rings. The van der Waals surface area contributed by atoms with Crippen LogP contribution in [0, 0.1) is 0 Å². The first-order valence-corrected chi connectivity index (χ1v) is 7.04. The van der Waals surface area contributed by atoms with Crippen molar-refractivity contribution in [3.8, 4) is 0 Å². The van der Waals surface area contributed by atoms with E-state index in [0.717, 1.165) is 22.6 Å². The lowest BCUT2D eigenvalue weighted by molar-refractivity contribution is 0.0987. The van der Waals surface area contributed by atoms with Gasteiger partial charge < -0.3 is 4.90 Å². The zero-order chi connectivity index (χ0) is 14.7. The van der Waals surface area contributed by atoms with Gasteiger partial charge in [-0.25, -0.2) is 4.98 Å². The van der Waals surface area contributed by atoms with Gasteiger partial charge in [0.05, 0.1) is 5.56 Å². The zero-order valence-corrected chi connectivity index (χ0v) is 13.2. The molecule has 0 amide bonds. The number of hydrogen-bond donors (Lipinski definition) is 0. The van der Waals surface area contributed by atoms with Crippen LogP contribution in [-0.2, 0) is 0 Å². The van der Waals surface area contributed by atoms with E-state index in [1.54, 1.807) is 0 Å². The summed E-state index contributed by atoms with van der Waals surface area (Å²) >= 11 is 0. The summed E-state index contributed by atoms with van der Waals surface area (Å²) in [5.41, 5.74) is 2.97. The Balaban J connectivity index is 3.60. The van der Waals surface area contributed by atoms with Crippen molar-refractivity contribution in [1.29, 1.82) is 0 Å². The molecule has 0 fully saturated rings. The second-order valence-electron chi connectivity index (χ2n) is 5.82. The Morgan fingerprint density at radius 1 is 1.21 bits per heavy atom. The van der Waals surface area contributed by atoms with E-state index in [1.807, 2.05) is 25.9 Å². The van der Waals surface area contributed by atoms with Gasteiger partial charge in [0.2, 0.25) is 0 Å². The fourth-order valence-corrected chi connectivity index (χ4v) is 2.11. The van der Waals surface area contributed by atoms with E-state index < -0.39 is 0 Å².